The summed E-state index contributed by atoms with van der Waals surface area (Å²) in [4.78, 5) is 12.1. The first kappa shape index (κ1) is 17.3. The molecule has 0 radical (unpaired) electrons. The van der Waals surface area contributed by atoms with Crippen LogP contribution in [0, 0.1) is 0 Å². The van der Waals surface area contributed by atoms with Gasteiger partial charge in [-0.15, -0.1) is 10.2 Å². The van der Waals surface area contributed by atoms with Gasteiger partial charge in [0.1, 0.15) is 5.82 Å². The molecular formula is C16H19N5O3S. The first-order valence-electron chi connectivity index (χ1n) is 7.92. The van der Waals surface area contributed by atoms with Gasteiger partial charge in [0.2, 0.25) is 10.0 Å². The van der Waals surface area contributed by atoms with Crippen molar-refractivity contribution in [1.82, 2.24) is 15.5 Å². The molecule has 2 aromatic rings. The van der Waals surface area contributed by atoms with Crippen LogP contribution in [0.3, 0.4) is 0 Å². The van der Waals surface area contributed by atoms with Gasteiger partial charge in [0.15, 0.2) is 5.69 Å². The second kappa shape index (κ2) is 7.16. The Labute approximate surface area is 145 Å². The van der Waals surface area contributed by atoms with Crippen LogP contribution in [0.25, 0.3) is 0 Å². The molecule has 9 heteroatoms. The van der Waals surface area contributed by atoms with Crippen molar-refractivity contribution in [2.75, 3.05) is 11.9 Å². The van der Waals surface area contributed by atoms with Crippen molar-refractivity contribution in [3.63, 3.8) is 0 Å². The molecule has 1 amide bonds. The minimum atomic E-state index is -3.69. The second-order valence-electron chi connectivity index (χ2n) is 5.92. The smallest absolute Gasteiger partial charge is 0.271 e. The van der Waals surface area contributed by atoms with Crippen LogP contribution < -0.4 is 15.8 Å². The van der Waals surface area contributed by atoms with E-state index in [0.29, 0.717) is 24.8 Å². The third-order valence-corrected chi connectivity index (χ3v) is 4.71. The predicted molar refractivity (Wildman–Crippen MR) is 92.5 cm³/mol. The summed E-state index contributed by atoms with van der Waals surface area (Å²) in [5.74, 6) is 0.376. The first-order chi connectivity index (χ1) is 11.9. The zero-order chi connectivity index (χ0) is 17.9. The summed E-state index contributed by atoms with van der Waals surface area (Å²) in [6.07, 6.45) is 2.84. The van der Waals surface area contributed by atoms with E-state index in [4.69, 9.17) is 5.14 Å². The summed E-state index contributed by atoms with van der Waals surface area (Å²) in [7, 11) is -3.69. The fourth-order valence-electron chi connectivity index (χ4n) is 2.22. The monoisotopic (exact) mass is 361 g/mol. The third-order valence-electron chi connectivity index (χ3n) is 3.78. The van der Waals surface area contributed by atoms with Crippen LogP contribution in [0.1, 0.15) is 28.9 Å². The number of nitrogens with two attached hydrogens (primary N) is 1. The fourth-order valence-corrected chi connectivity index (χ4v) is 2.74. The van der Waals surface area contributed by atoms with Crippen molar-refractivity contribution >= 4 is 21.7 Å². The maximum absolute atomic E-state index is 12.0. The summed E-state index contributed by atoms with van der Waals surface area (Å²) < 4.78 is 22.4. The molecule has 0 saturated heterocycles. The summed E-state index contributed by atoms with van der Waals surface area (Å²) in [6, 6.07) is 10.1. The number of hydrogen-bond donors (Lipinski definition) is 3. The number of primary sulfonamides is 1. The van der Waals surface area contributed by atoms with E-state index in [1.54, 1.807) is 24.3 Å². The highest BCUT2D eigenvalue weighted by Crippen LogP contribution is 2.23. The summed E-state index contributed by atoms with van der Waals surface area (Å²) in [6.45, 7) is 0.400. The van der Waals surface area contributed by atoms with Gasteiger partial charge in [-0.05, 0) is 49.1 Å². The highest BCUT2D eigenvalue weighted by Gasteiger charge is 2.21. The van der Waals surface area contributed by atoms with Crippen molar-refractivity contribution in [1.29, 1.82) is 0 Å². The van der Waals surface area contributed by atoms with Crippen LogP contribution in [0.4, 0.5) is 5.82 Å². The van der Waals surface area contributed by atoms with Crippen LogP contribution in [-0.4, -0.2) is 37.1 Å². The van der Waals surface area contributed by atoms with Gasteiger partial charge in [0.25, 0.3) is 5.91 Å². The van der Waals surface area contributed by atoms with E-state index in [1.165, 1.54) is 12.1 Å². The number of sulfonamides is 1. The number of nitrogens with one attached hydrogen (secondary N) is 2. The molecule has 0 aliphatic heterocycles. The molecule has 4 N–H and O–H groups in total. The van der Waals surface area contributed by atoms with Crippen molar-refractivity contribution in [2.45, 2.75) is 30.2 Å². The number of hydrogen-bond acceptors (Lipinski definition) is 6. The number of benzene rings is 1. The van der Waals surface area contributed by atoms with E-state index in [0.717, 1.165) is 18.4 Å². The largest absolute Gasteiger partial charge is 0.366 e. The molecule has 1 fully saturated rings. The van der Waals surface area contributed by atoms with Gasteiger partial charge in [0, 0.05) is 12.6 Å². The second-order valence-corrected chi connectivity index (χ2v) is 7.48. The van der Waals surface area contributed by atoms with Gasteiger partial charge in [-0.25, -0.2) is 13.6 Å². The van der Waals surface area contributed by atoms with Gasteiger partial charge in [0.05, 0.1) is 4.90 Å². The van der Waals surface area contributed by atoms with Crippen molar-refractivity contribution in [2.24, 2.45) is 5.14 Å². The predicted octanol–water partition coefficient (Wildman–Crippen LogP) is 0.671. The van der Waals surface area contributed by atoms with Crippen molar-refractivity contribution in [3.8, 4) is 0 Å². The van der Waals surface area contributed by atoms with E-state index in [2.05, 4.69) is 20.8 Å². The lowest BCUT2D eigenvalue weighted by Gasteiger charge is -2.06. The summed E-state index contributed by atoms with van der Waals surface area (Å²) >= 11 is 0. The first-order valence-corrected chi connectivity index (χ1v) is 9.47. The van der Waals surface area contributed by atoms with Crippen LogP contribution in [0.2, 0.25) is 0 Å². The van der Waals surface area contributed by atoms with Crippen molar-refractivity contribution < 1.29 is 13.2 Å². The van der Waals surface area contributed by atoms with Gasteiger partial charge in [-0.3, -0.25) is 4.79 Å². The highest BCUT2D eigenvalue weighted by atomic mass is 32.2. The molecule has 0 atom stereocenters. The number of carbonyl (C=O) groups excluding carboxylic acids is 1. The number of carbonyl (C=O) groups is 1. The third kappa shape index (κ3) is 4.97. The Hall–Kier alpha value is -2.52. The zero-order valence-corrected chi connectivity index (χ0v) is 14.3. The molecule has 1 aliphatic rings. The van der Waals surface area contributed by atoms with Gasteiger partial charge in [-0.2, -0.15) is 0 Å². The minimum absolute atomic E-state index is 0.0652. The average Bonchev–Trinajstić information content (AvgIpc) is 3.39. The molecule has 0 bridgehead atoms. The molecule has 132 valence electrons. The molecule has 1 saturated carbocycles. The van der Waals surface area contributed by atoms with E-state index in [9.17, 15) is 13.2 Å². The fraction of sp³-hybridized carbons (Fsp3) is 0.312. The molecule has 0 spiro atoms. The van der Waals surface area contributed by atoms with Crippen LogP contribution >= 0.6 is 0 Å². The Morgan fingerprint density at radius 3 is 2.40 bits per heavy atom. The Balaban J connectivity index is 1.48. The van der Waals surface area contributed by atoms with Crippen LogP contribution in [0.5, 0.6) is 0 Å². The Bertz CT molecular complexity index is 846. The maximum atomic E-state index is 12.0. The summed E-state index contributed by atoms with van der Waals surface area (Å²) in [5.41, 5.74) is 1.15. The highest BCUT2D eigenvalue weighted by molar-refractivity contribution is 7.89. The normalized spacial score (nSPS) is 14.1. The Morgan fingerprint density at radius 2 is 1.84 bits per heavy atom. The van der Waals surface area contributed by atoms with Gasteiger partial charge >= 0.3 is 0 Å². The number of amides is 1. The minimum Gasteiger partial charge on any atom is -0.366 e. The molecule has 25 heavy (non-hydrogen) atoms. The summed E-state index contributed by atoms with van der Waals surface area (Å²) in [5, 5.41) is 18.9. The lowest BCUT2D eigenvalue weighted by Crippen LogP contribution is -2.26. The van der Waals surface area contributed by atoms with E-state index in [-0.39, 0.29) is 16.5 Å². The quantitative estimate of drug-likeness (QED) is 0.665. The Morgan fingerprint density at radius 1 is 1.12 bits per heavy atom. The molecule has 1 heterocycles. The molecule has 1 aromatic heterocycles. The maximum Gasteiger partial charge on any atom is 0.271 e. The van der Waals surface area contributed by atoms with E-state index < -0.39 is 10.0 Å². The number of rotatable bonds is 7. The van der Waals surface area contributed by atoms with E-state index >= 15 is 0 Å². The molecular weight excluding hydrogens is 342 g/mol. The zero-order valence-electron chi connectivity index (χ0n) is 13.5. The van der Waals surface area contributed by atoms with Crippen molar-refractivity contribution in [3.05, 3.63) is 47.7 Å². The topological polar surface area (TPSA) is 127 Å². The molecule has 1 aliphatic carbocycles. The lowest BCUT2D eigenvalue weighted by atomic mass is 10.1. The number of aromatic nitrogens is 2. The number of nitrogens with zero attached hydrogens (tertiary/aromatic N) is 2. The van der Waals surface area contributed by atoms with Crippen LogP contribution in [-0.2, 0) is 16.4 Å². The van der Waals surface area contributed by atoms with E-state index in [1.807, 2.05) is 0 Å². The molecule has 8 nitrogen and oxygen atoms in total. The lowest BCUT2D eigenvalue weighted by molar-refractivity contribution is 0.0948. The van der Waals surface area contributed by atoms with Gasteiger partial charge in [-0.1, -0.05) is 12.1 Å². The Kier molecular flexibility index (Phi) is 4.95. The SMILES string of the molecule is NS(=O)(=O)c1ccc(CCNC(=O)c2ccc(NC3CC3)nn2)cc1. The molecule has 0 unspecified atom stereocenters. The molecule has 3 rings (SSSR count). The standard InChI is InChI=1S/C16H19N5O3S/c17-25(23,24)13-5-1-11(2-6-13)9-10-18-16(22)14-7-8-15(21-20-14)19-12-3-4-12/h1-2,5-8,12H,3-4,9-10H2,(H,18,22)(H,19,21)(H2,17,23,24). The number of anilines is 1. The molecule has 1 aromatic carbocycles. The van der Waals surface area contributed by atoms with Crippen LogP contribution in [0.15, 0.2) is 41.3 Å². The average molecular weight is 361 g/mol. The van der Waals surface area contributed by atoms with Gasteiger partial charge < -0.3 is 10.6 Å².